The van der Waals surface area contributed by atoms with E-state index in [2.05, 4.69) is 39.9 Å². The Hall–Kier alpha value is -0.990. The fraction of sp³-hybridized carbons (Fsp3) is 0.786. The van der Waals surface area contributed by atoms with Crippen molar-refractivity contribution in [2.45, 2.75) is 47.5 Å². The summed E-state index contributed by atoms with van der Waals surface area (Å²) < 4.78 is 0. The molecule has 0 aromatic heterocycles. The van der Waals surface area contributed by atoms with Crippen molar-refractivity contribution in [1.82, 2.24) is 10.2 Å². The van der Waals surface area contributed by atoms with E-state index in [9.17, 15) is 4.79 Å². The smallest absolute Gasteiger partial charge is 0.321 e. The number of urea groups is 1. The molecule has 0 aromatic carbocycles. The van der Waals surface area contributed by atoms with Crippen molar-refractivity contribution in [3.63, 3.8) is 0 Å². The second kappa shape index (κ2) is 5.56. The molecule has 0 spiro atoms. The maximum Gasteiger partial charge on any atom is 0.321 e. The van der Waals surface area contributed by atoms with E-state index in [1.165, 1.54) is 12.0 Å². The third-order valence-electron chi connectivity index (χ3n) is 3.54. The molecule has 98 valence electrons. The molecular formula is C14H26N2O. The summed E-state index contributed by atoms with van der Waals surface area (Å²) in [5, 5.41) is 2.90. The van der Waals surface area contributed by atoms with Gasteiger partial charge in [-0.1, -0.05) is 33.3 Å². The molecule has 0 saturated carbocycles. The van der Waals surface area contributed by atoms with E-state index in [1.807, 2.05) is 11.1 Å². The van der Waals surface area contributed by atoms with E-state index < -0.39 is 0 Å². The van der Waals surface area contributed by atoms with Gasteiger partial charge in [-0.2, -0.15) is 0 Å². The summed E-state index contributed by atoms with van der Waals surface area (Å²) in [6.45, 7) is 12.5. The summed E-state index contributed by atoms with van der Waals surface area (Å²) in [5.74, 6) is 0.627. The topological polar surface area (TPSA) is 32.3 Å². The van der Waals surface area contributed by atoms with Crippen LogP contribution < -0.4 is 5.32 Å². The Morgan fingerprint density at radius 2 is 2.06 bits per heavy atom. The van der Waals surface area contributed by atoms with Crippen LogP contribution in [0.4, 0.5) is 4.79 Å². The number of hydrogen-bond donors (Lipinski definition) is 1. The van der Waals surface area contributed by atoms with Crippen LogP contribution >= 0.6 is 0 Å². The van der Waals surface area contributed by atoms with Crippen LogP contribution in [0.25, 0.3) is 0 Å². The van der Waals surface area contributed by atoms with Gasteiger partial charge in [-0.05, 0) is 31.1 Å². The molecule has 1 rings (SSSR count). The summed E-state index contributed by atoms with van der Waals surface area (Å²) in [7, 11) is 0. The summed E-state index contributed by atoms with van der Waals surface area (Å²) >= 11 is 0. The molecule has 0 aromatic rings. The Bertz CT molecular complexity index is 302. The summed E-state index contributed by atoms with van der Waals surface area (Å²) in [6.07, 6.45) is 4.21. The van der Waals surface area contributed by atoms with Crippen LogP contribution in [0, 0.1) is 11.3 Å². The molecule has 1 unspecified atom stereocenters. The SMILES string of the molecule is C/C(=C\NC(=O)N1CCCC(C)C1)C(C)(C)C. The van der Waals surface area contributed by atoms with Crippen LogP contribution in [0.3, 0.4) is 0 Å². The molecule has 1 N–H and O–H groups in total. The van der Waals surface area contributed by atoms with Crippen LogP contribution in [-0.2, 0) is 0 Å². The summed E-state index contributed by atoms with van der Waals surface area (Å²) in [5.41, 5.74) is 1.30. The van der Waals surface area contributed by atoms with E-state index in [0.29, 0.717) is 5.92 Å². The number of nitrogens with one attached hydrogen (secondary N) is 1. The third kappa shape index (κ3) is 4.41. The zero-order valence-corrected chi connectivity index (χ0v) is 11.8. The lowest BCUT2D eigenvalue weighted by Gasteiger charge is -2.30. The van der Waals surface area contributed by atoms with Crippen molar-refractivity contribution in [1.29, 1.82) is 0 Å². The number of hydrogen-bond acceptors (Lipinski definition) is 1. The quantitative estimate of drug-likeness (QED) is 0.746. The van der Waals surface area contributed by atoms with E-state index in [1.54, 1.807) is 0 Å². The minimum absolute atomic E-state index is 0.0418. The highest BCUT2D eigenvalue weighted by Crippen LogP contribution is 2.23. The molecule has 0 radical (unpaired) electrons. The number of rotatable bonds is 1. The van der Waals surface area contributed by atoms with Gasteiger partial charge in [-0.25, -0.2) is 4.79 Å². The van der Waals surface area contributed by atoms with Gasteiger partial charge >= 0.3 is 6.03 Å². The first-order valence-corrected chi connectivity index (χ1v) is 6.53. The Morgan fingerprint density at radius 3 is 2.59 bits per heavy atom. The maximum absolute atomic E-state index is 11.9. The maximum atomic E-state index is 11.9. The Morgan fingerprint density at radius 1 is 1.41 bits per heavy atom. The zero-order chi connectivity index (χ0) is 13.1. The highest BCUT2D eigenvalue weighted by Gasteiger charge is 2.20. The molecule has 1 aliphatic heterocycles. The lowest BCUT2D eigenvalue weighted by atomic mass is 9.88. The molecule has 2 amide bonds. The van der Waals surface area contributed by atoms with Crippen LogP contribution in [0.1, 0.15) is 47.5 Å². The zero-order valence-electron chi connectivity index (χ0n) is 11.8. The summed E-state index contributed by atoms with van der Waals surface area (Å²) in [6, 6.07) is 0.0418. The molecule has 0 aliphatic carbocycles. The minimum atomic E-state index is 0.0418. The number of allylic oxidation sites excluding steroid dienone is 1. The summed E-state index contributed by atoms with van der Waals surface area (Å²) in [4.78, 5) is 13.9. The highest BCUT2D eigenvalue weighted by molar-refractivity contribution is 5.75. The van der Waals surface area contributed by atoms with Crippen LogP contribution in [0.2, 0.25) is 0 Å². The number of piperidine rings is 1. The van der Waals surface area contributed by atoms with Gasteiger partial charge in [-0.15, -0.1) is 0 Å². The third-order valence-corrected chi connectivity index (χ3v) is 3.54. The lowest BCUT2D eigenvalue weighted by Crippen LogP contribution is -2.43. The van der Waals surface area contributed by atoms with E-state index in [-0.39, 0.29) is 11.4 Å². The minimum Gasteiger partial charge on any atom is -0.324 e. The van der Waals surface area contributed by atoms with Gasteiger partial charge in [0, 0.05) is 19.3 Å². The first-order valence-electron chi connectivity index (χ1n) is 6.53. The van der Waals surface area contributed by atoms with E-state index in [0.717, 1.165) is 19.5 Å². The monoisotopic (exact) mass is 238 g/mol. The van der Waals surface area contributed by atoms with Gasteiger partial charge in [0.2, 0.25) is 0 Å². The molecule has 0 bridgehead atoms. The van der Waals surface area contributed by atoms with E-state index in [4.69, 9.17) is 0 Å². The van der Waals surface area contributed by atoms with Crippen molar-refractivity contribution in [3.8, 4) is 0 Å². The first kappa shape index (κ1) is 14.1. The highest BCUT2D eigenvalue weighted by atomic mass is 16.2. The Balaban J connectivity index is 2.49. The molecule has 1 fully saturated rings. The van der Waals surface area contributed by atoms with E-state index >= 15 is 0 Å². The normalized spacial score (nSPS) is 22.5. The molecule has 17 heavy (non-hydrogen) atoms. The van der Waals surface area contributed by atoms with Gasteiger partial charge in [0.1, 0.15) is 0 Å². The average molecular weight is 238 g/mol. The van der Waals surface area contributed by atoms with Gasteiger partial charge in [0.25, 0.3) is 0 Å². The van der Waals surface area contributed by atoms with Crippen molar-refractivity contribution in [2.24, 2.45) is 11.3 Å². The molecule has 1 heterocycles. The molecule has 1 saturated heterocycles. The van der Waals surface area contributed by atoms with Crippen molar-refractivity contribution in [3.05, 3.63) is 11.8 Å². The van der Waals surface area contributed by atoms with Crippen LogP contribution in [0.15, 0.2) is 11.8 Å². The molecular weight excluding hydrogens is 212 g/mol. The predicted molar refractivity (Wildman–Crippen MR) is 71.7 cm³/mol. The van der Waals surface area contributed by atoms with Crippen LogP contribution in [-0.4, -0.2) is 24.0 Å². The lowest BCUT2D eigenvalue weighted by molar-refractivity contribution is 0.173. The number of likely N-dealkylation sites (tertiary alicyclic amines) is 1. The number of amides is 2. The average Bonchev–Trinajstić information content (AvgIpc) is 2.24. The molecule has 3 heteroatoms. The van der Waals surface area contributed by atoms with Crippen molar-refractivity contribution < 1.29 is 4.79 Å². The second-order valence-electron chi connectivity index (χ2n) is 6.22. The Labute approximate surface area is 105 Å². The van der Waals surface area contributed by atoms with Gasteiger partial charge < -0.3 is 10.2 Å². The largest absolute Gasteiger partial charge is 0.324 e. The van der Waals surface area contributed by atoms with Gasteiger partial charge in [0.05, 0.1) is 0 Å². The number of carbonyl (C=O) groups is 1. The number of carbonyl (C=O) groups excluding carboxylic acids is 1. The molecule has 1 atom stereocenters. The first-order chi connectivity index (χ1) is 7.80. The predicted octanol–water partition coefficient (Wildman–Crippen LogP) is 3.38. The van der Waals surface area contributed by atoms with Crippen molar-refractivity contribution >= 4 is 6.03 Å². The fourth-order valence-corrected chi connectivity index (χ4v) is 1.85. The fourth-order valence-electron chi connectivity index (χ4n) is 1.85. The van der Waals surface area contributed by atoms with Gasteiger partial charge in [-0.3, -0.25) is 0 Å². The van der Waals surface area contributed by atoms with Crippen molar-refractivity contribution in [2.75, 3.05) is 13.1 Å². The standard InChI is InChI=1S/C14H26N2O/c1-11-7-6-8-16(10-11)13(17)15-9-12(2)14(3,4)5/h9,11H,6-8,10H2,1-5H3,(H,15,17)/b12-9+. The van der Waals surface area contributed by atoms with Gasteiger partial charge in [0.15, 0.2) is 0 Å². The van der Waals surface area contributed by atoms with Crippen LogP contribution in [0.5, 0.6) is 0 Å². The Kier molecular flexibility index (Phi) is 4.61. The molecule has 3 nitrogen and oxygen atoms in total. The molecule has 1 aliphatic rings. The second-order valence-corrected chi connectivity index (χ2v) is 6.22. The number of nitrogens with zero attached hydrogens (tertiary/aromatic N) is 1.